The number of nitrogens with zero attached hydrogens (tertiary/aromatic N) is 2. The summed E-state index contributed by atoms with van der Waals surface area (Å²) in [5, 5.41) is 4.64. The Morgan fingerprint density at radius 2 is 1.62 bits per heavy atom. The van der Waals surface area contributed by atoms with Crippen LogP contribution in [0.2, 0.25) is 0 Å². The molecular formula is C28H25BrN2O6. The summed E-state index contributed by atoms with van der Waals surface area (Å²) in [5.41, 5.74) is 2.30. The normalized spacial score (nSPS) is 10.6. The number of benzene rings is 3. The second kappa shape index (κ2) is 11.7. The molecule has 0 saturated heterocycles. The Labute approximate surface area is 222 Å². The van der Waals surface area contributed by atoms with Crippen LogP contribution in [0, 0.1) is 0 Å². The van der Waals surface area contributed by atoms with Crippen LogP contribution in [-0.2, 0) is 16.1 Å². The molecule has 0 radical (unpaired) electrons. The summed E-state index contributed by atoms with van der Waals surface area (Å²) >= 11 is 3.47. The lowest BCUT2D eigenvalue weighted by Crippen LogP contribution is -2.15. The van der Waals surface area contributed by atoms with Crippen LogP contribution in [0.5, 0.6) is 11.5 Å². The molecule has 0 fully saturated rings. The highest BCUT2D eigenvalue weighted by Gasteiger charge is 2.31. The van der Waals surface area contributed by atoms with Crippen molar-refractivity contribution in [2.45, 2.75) is 13.5 Å². The third-order valence-corrected chi connectivity index (χ3v) is 5.95. The number of para-hydroxylation sites is 1. The largest absolute Gasteiger partial charge is 0.490 e. The number of hydrogen-bond acceptors (Lipinski definition) is 7. The van der Waals surface area contributed by atoms with Crippen LogP contribution >= 0.6 is 15.9 Å². The van der Waals surface area contributed by atoms with Gasteiger partial charge < -0.3 is 18.9 Å². The van der Waals surface area contributed by atoms with Gasteiger partial charge in [-0.25, -0.2) is 14.3 Å². The standard InChI is InChI=1S/C28H25BrN2O6/c1-4-36-23-16-19(13-14-22(23)37-17-18-9-8-10-20(29)15-18)25-24(27(32)34-2)26(28(33)35-3)31(30-25)21-11-6-5-7-12-21/h5-16H,4,17H2,1-3H3. The van der Waals surface area contributed by atoms with Crippen molar-refractivity contribution in [1.82, 2.24) is 9.78 Å². The molecule has 4 rings (SSSR count). The number of aromatic nitrogens is 2. The third-order valence-electron chi connectivity index (χ3n) is 5.45. The van der Waals surface area contributed by atoms with Crippen LogP contribution in [0.4, 0.5) is 0 Å². The smallest absolute Gasteiger partial charge is 0.357 e. The molecule has 8 nitrogen and oxygen atoms in total. The number of rotatable bonds is 9. The van der Waals surface area contributed by atoms with Gasteiger partial charge in [0, 0.05) is 10.0 Å². The fourth-order valence-electron chi connectivity index (χ4n) is 3.79. The van der Waals surface area contributed by atoms with Gasteiger partial charge in [0.15, 0.2) is 17.2 Å². The van der Waals surface area contributed by atoms with Crippen LogP contribution in [0.25, 0.3) is 16.9 Å². The zero-order valence-electron chi connectivity index (χ0n) is 20.6. The monoisotopic (exact) mass is 564 g/mol. The van der Waals surface area contributed by atoms with E-state index in [2.05, 4.69) is 21.0 Å². The predicted molar refractivity (Wildman–Crippen MR) is 141 cm³/mol. The summed E-state index contributed by atoms with van der Waals surface area (Å²) in [6.07, 6.45) is 0. The molecule has 0 aliphatic heterocycles. The quantitative estimate of drug-likeness (QED) is 0.235. The zero-order valence-corrected chi connectivity index (χ0v) is 22.2. The zero-order chi connectivity index (χ0) is 26.4. The molecule has 0 N–H and O–H groups in total. The summed E-state index contributed by atoms with van der Waals surface area (Å²) < 4.78 is 24.2. The Hall–Kier alpha value is -4.11. The summed E-state index contributed by atoms with van der Waals surface area (Å²) in [7, 11) is 2.49. The van der Waals surface area contributed by atoms with E-state index in [0.717, 1.165) is 10.0 Å². The van der Waals surface area contributed by atoms with E-state index in [9.17, 15) is 9.59 Å². The maximum absolute atomic E-state index is 12.9. The number of hydrogen-bond donors (Lipinski definition) is 0. The average Bonchev–Trinajstić information content (AvgIpc) is 3.33. The maximum atomic E-state index is 12.9. The number of carbonyl (C=O) groups is 2. The number of esters is 2. The minimum Gasteiger partial charge on any atom is -0.490 e. The first kappa shape index (κ1) is 26.0. The van der Waals surface area contributed by atoms with Gasteiger partial charge in [0.25, 0.3) is 0 Å². The molecule has 0 saturated carbocycles. The second-order valence-electron chi connectivity index (χ2n) is 7.82. The fourth-order valence-corrected chi connectivity index (χ4v) is 4.23. The number of carbonyl (C=O) groups excluding carboxylic acids is 2. The molecule has 0 spiro atoms. The van der Waals surface area contributed by atoms with Crippen molar-refractivity contribution in [1.29, 1.82) is 0 Å². The molecule has 0 bridgehead atoms. The van der Waals surface area contributed by atoms with Gasteiger partial charge in [-0.2, -0.15) is 5.10 Å². The van der Waals surface area contributed by atoms with Gasteiger partial charge in [-0.05, 0) is 55.0 Å². The van der Waals surface area contributed by atoms with Gasteiger partial charge in [0.2, 0.25) is 0 Å². The lowest BCUT2D eigenvalue weighted by molar-refractivity contribution is 0.0549. The summed E-state index contributed by atoms with van der Waals surface area (Å²) in [6.45, 7) is 2.60. The average molecular weight is 565 g/mol. The fraction of sp³-hybridized carbons (Fsp3) is 0.179. The Bertz CT molecular complexity index is 1420. The van der Waals surface area contributed by atoms with Gasteiger partial charge in [0.05, 0.1) is 26.5 Å². The minimum absolute atomic E-state index is 0.0107. The highest BCUT2D eigenvalue weighted by molar-refractivity contribution is 9.10. The second-order valence-corrected chi connectivity index (χ2v) is 8.73. The summed E-state index contributed by atoms with van der Waals surface area (Å²) in [4.78, 5) is 25.7. The number of ether oxygens (including phenoxy) is 4. The highest BCUT2D eigenvalue weighted by Crippen LogP contribution is 2.36. The van der Waals surface area contributed by atoms with E-state index in [1.807, 2.05) is 37.3 Å². The first-order valence-electron chi connectivity index (χ1n) is 11.5. The molecule has 1 aromatic heterocycles. The van der Waals surface area contributed by atoms with Gasteiger partial charge in [-0.15, -0.1) is 0 Å². The third kappa shape index (κ3) is 5.67. The molecule has 9 heteroatoms. The molecule has 37 heavy (non-hydrogen) atoms. The van der Waals surface area contributed by atoms with Gasteiger partial charge in [0.1, 0.15) is 17.9 Å². The highest BCUT2D eigenvalue weighted by atomic mass is 79.9. The Kier molecular flexibility index (Phi) is 8.25. The van der Waals surface area contributed by atoms with Gasteiger partial charge in [-0.1, -0.05) is 46.3 Å². The van der Waals surface area contributed by atoms with E-state index >= 15 is 0 Å². The molecule has 3 aromatic carbocycles. The molecule has 0 atom stereocenters. The van der Waals surface area contributed by atoms with Crippen molar-refractivity contribution in [3.63, 3.8) is 0 Å². The van der Waals surface area contributed by atoms with E-state index in [-0.39, 0.29) is 17.0 Å². The van der Waals surface area contributed by atoms with E-state index in [1.165, 1.54) is 18.9 Å². The van der Waals surface area contributed by atoms with Crippen LogP contribution < -0.4 is 9.47 Å². The summed E-state index contributed by atoms with van der Waals surface area (Å²) in [5.74, 6) is -0.437. The van der Waals surface area contributed by atoms with Crippen LogP contribution in [0.3, 0.4) is 0 Å². The van der Waals surface area contributed by atoms with Crippen molar-refractivity contribution in [2.75, 3.05) is 20.8 Å². The Morgan fingerprint density at radius 1 is 0.865 bits per heavy atom. The molecule has 1 heterocycles. The lowest BCUT2D eigenvalue weighted by atomic mass is 10.0. The molecule has 190 valence electrons. The molecule has 4 aromatic rings. The SMILES string of the molecule is CCOc1cc(-c2nn(-c3ccccc3)c(C(=O)OC)c2C(=O)OC)ccc1OCc1cccc(Br)c1. The molecule has 0 aliphatic carbocycles. The van der Waals surface area contributed by atoms with E-state index in [4.69, 9.17) is 18.9 Å². The Morgan fingerprint density at radius 3 is 2.30 bits per heavy atom. The number of halogens is 1. The minimum atomic E-state index is -0.720. The van der Waals surface area contributed by atoms with E-state index in [1.54, 1.807) is 42.5 Å². The molecule has 0 amide bonds. The van der Waals surface area contributed by atoms with Crippen molar-refractivity contribution < 1.29 is 28.5 Å². The first-order chi connectivity index (χ1) is 18.0. The Balaban J connectivity index is 1.82. The van der Waals surface area contributed by atoms with Crippen molar-refractivity contribution >= 4 is 27.9 Å². The molecular weight excluding hydrogens is 540 g/mol. The summed E-state index contributed by atoms with van der Waals surface area (Å²) in [6, 6.07) is 22.0. The van der Waals surface area contributed by atoms with Crippen molar-refractivity contribution in [3.8, 4) is 28.4 Å². The molecule has 0 unspecified atom stereocenters. The van der Waals surface area contributed by atoms with Gasteiger partial charge >= 0.3 is 11.9 Å². The van der Waals surface area contributed by atoms with Crippen LogP contribution in [-0.4, -0.2) is 42.5 Å². The van der Waals surface area contributed by atoms with E-state index in [0.29, 0.717) is 36.0 Å². The predicted octanol–water partition coefficient (Wildman–Crippen LogP) is 5.85. The topological polar surface area (TPSA) is 88.9 Å². The van der Waals surface area contributed by atoms with Crippen molar-refractivity contribution in [2.24, 2.45) is 0 Å². The van der Waals surface area contributed by atoms with Crippen molar-refractivity contribution in [3.05, 3.63) is 94.1 Å². The van der Waals surface area contributed by atoms with E-state index < -0.39 is 11.9 Å². The van der Waals surface area contributed by atoms with Crippen LogP contribution in [0.15, 0.2) is 77.3 Å². The maximum Gasteiger partial charge on any atom is 0.357 e. The van der Waals surface area contributed by atoms with Crippen LogP contribution in [0.1, 0.15) is 33.3 Å². The number of methoxy groups -OCH3 is 2. The lowest BCUT2D eigenvalue weighted by Gasteiger charge is -2.13. The first-order valence-corrected chi connectivity index (χ1v) is 12.3. The molecule has 0 aliphatic rings. The van der Waals surface area contributed by atoms with Gasteiger partial charge in [-0.3, -0.25) is 0 Å².